The van der Waals surface area contributed by atoms with E-state index in [0.29, 0.717) is 0 Å². The fourth-order valence-corrected chi connectivity index (χ4v) is 5.23. The lowest BCUT2D eigenvalue weighted by atomic mass is 10.0. The summed E-state index contributed by atoms with van der Waals surface area (Å²) in [5.74, 6) is 0.164. The zero-order valence-electron chi connectivity index (χ0n) is 20.4. The molecule has 1 aromatic heterocycles. The summed E-state index contributed by atoms with van der Waals surface area (Å²) in [6.07, 6.45) is 5.56. The molecule has 6 nitrogen and oxygen atoms in total. The molecule has 1 N–H and O–H groups in total. The number of unbranched alkanes of at least 4 members (excludes halogenated alkanes) is 1. The maximum absolute atomic E-state index is 13.0. The highest BCUT2D eigenvalue weighted by Gasteiger charge is 2.21. The lowest BCUT2D eigenvalue weighted by Crippen LogP contribution is -2.47. The standard InChI is InChI=1S/C28H37N5O/c1-30-13-17-33(18-14-30)28(34)23-10-11-27-26(21-23)24(22-29-27)7-5-6-12-31-15-19-32(20-16-31)25-8-3-2-4-9-25/h2-4,8-11,21-22,29H,5-7,12-20H2,1H3. The predicted molar refractivity (Wildman–Crippen MR) is 140 cm³/mol. The van der Waals surface area contributed by atoms with E-state index in [1.165, 1.54) is 29.5 Å². The summed E-state index contributed by atoms with van der Waals surface area (Å²) in [7, 11) is 2.12. The third-order valence-electron chi connectivity index (χ3n) is 7.47. The Bertz CT molecular complexity index is 1080. The van der Waals surface area contributed by atoms with Crippen LogP contribution in [0.4, 0.5) is 5.69 Å². The van der Waals surface area contributed by atoms with Gasteiger partial charge in [-0.05, 0) is 68.8 Å². The molecule has 0 saturated carbocycles. The predicted octanol–water partition coefficient (Wildman–Crippen LogP) is 3.70. The number of nitrogens with one attached hydrogen (secondary N) is 1. The number of para-hydroxylation sites is 1. The fourth-order valence-electron chi connectivity index (χ4n) is 5.23. The largest absolute Gasteiger partial charge is 0.369 e. The summed E-state index contributed by atoms with van der Waals surface area (Å²) in [6, 6.07) is 16.9. The number of aryl methyl sites for hydroxylation is 1. The van der Waals surface area contributed by atoms with Gasteiger partial charge in [0, 0.05) is 80.7 Å². The summed E-state index contributed by atoms with van der Waals surface area (Å²) in [5, 5.41) is 1.21. The normalized spacial score (nSPS) is 18.0. The number of aromatic amines is 1. The van der Waals surface area contributed by atoms with Crippen LogP contribution in [0.25, 0.3) is 10.9 Å². The van der Waals surface area contributed by atoms with Crippen LogP contribution in [-0.4, -0.2) is 91.5 Å². The summed E-state index contributed by atoms with van der Waals surface area (Å²) >= 11 is 0. The lowest BCUT2D eigenvalue weighted by Gasteiger charge is -2.36. The van der Waals surface area contributed by atoms with Crippen molar-refractivity contribution in [1.82, 2.24) is 19.7 Å². The van der Waals surface area contributed by atoms with E-state index in [2.05, 4.69) is 75.4 Å². The van der Waals surface area contributed by atoms with E-state index >= 15 is 0 Å². The van der Waals surface area contributed by atoms with Crippen molar-refractivity contribution in [2.24, 2.45) is 0 Å². The fraction of sp³-hybridized carbons (Fsp3) is 0.464. The van der Waals surface area contributed by atoms with E-state index in [1.807, 2.05) is 11.0 Å². The van der Waals surface area contributed by atoms with E-state index in [9.17, 15) is 4.79 Å². The highest BCUT2D eigenvalue weighted by atomic mass is 16.2. The van der Waals surface area contributed by atoms with E-state index in [4.69, 9.17) is 0 Å². The SMILES string of the molecule is CN1CCN(C(=O)c2ccc3[nH]cc(CCCCN4CCN(c5ccccc5)CC4)c3c2)CC1. The van der Waals surface area contributed by atoms with E-state index in [0.717, 1.165) is 76.4 Å². The van der Waals surface area contributed by atoms with Crippen molar-refractivity contribution in [2.45, 2.75) is 19.3 Å². The topological polar surface area (TPSA) is 45.8 Å². The number of carbonyl (C=O) groups is 1. The molecule has 180 valence electrons. The number of rotatable bonds is 7. The van der Waals surface area contributed by atoms with Crippen LogP contribution >= 0.6 is 0 Å². The molecule has 0 spiro atoms. The number of anilines is 1. The molecule has 34 heavy (non-hydrogen) atoms. The molecule has 0 bridgehead atoms. The molecule has 2 aromatic carbocycles. The zero-order chi connectivity index (χ0) is 23.3. The van der Waals surface area contributed by atoms with Crippen molar-refractivity contribution in [2.75, 3.05) is 70.9 Å². The number of carbonyl (C=O) groups excluding carboxylic acids is 1. The number of fused-ring (bicyclic) bond motifs is 1. The molecule has 0 unspecified atom stereocenters. The van der Waals surface area contributed by atoms with Gasteiger partial charge >= 0.3 is 0 Å². The van der Waals surface area contributed by atoms with Crippen LogP contribution in [0.1, 0.15) is 28.8 Å². The van der Waals surface area contributed by atoms with Gasteiger partial charge in [-0.25, -0.2) is 0 Å². The van der Waals surface area contributed by atoms with Crippen molar-refractivity contribution >= 4 is 22.5 Å². The molecule has 2 fully saturated rings. The summed E-state index contributed by atoms with van der Waals surface area (Å²) in [4.78, 5) is 25.8. The number of piperazine rings is 2. The number of likely N-dealkylation sites (N-methyl/N-ethyl adjacent to an activating group) is 1. The molecule has 2 saturated heterocycles. The van der Waals surface area contributed by atoms with Crippen LogP contribution in [0.15, 0.2) is 54.7 Å². The van der Waals surface area contributed by atoms with Crippen molar-refractivity contribution in [3.63, 3.8) is 0 Å². The maximum Gasteiger partial charge on any atom is 0.253 e. The van der Waals surface area contributed by atoms with Crippen molar-refractivity contribution < 1.29 is 4.79 Å². The number of benzene rings is 2. The Morgan fingerprint density at radius 3 is 2.41 bits per heavy atom. The third-order valence-corrected chi connectivity index (χ3v) is 7.47. The first kappa shape index (κ1) is 22.9. The average Bonchev–Trinajstić information content (AvgIpc) is 3.30. The number of hydrogen-bond donors (Lipinski definition) is 1. The number of aromatic nitrogens is 1. The van der Waals surface area contributed by atoms with Crippen molar-refractivity contribution in [3.8, 4) is 0 Å². The molecule has 0 radical (unpaired) electrons. The van der Waals surface area contributed by atoms with Crippen LogP contribution in [0, 0.1) is 0 Å². The van der Waals surface area contributed by atoms with Gasteiger partial charge in [0.15, 0.2) is 0 Å². The molecule has 0 aliphatic carbocycles. The smallest absolute Gasteiger partial charge is 0.253 e. The number of hydrogen-bond acceptors (Lipinski definition) is 4. The van der Waals surface area contributed by atoms with Crippen LogP contribution in [-0.2, 0) is 6.42 Å². The summed E-state index contributed by atoms with van der Waals surface area (Å²) < 4.78 is 0. The van der Waals surface area contributed by atoms with E-state index in [1.54, 1.807) is 0 Å². The Labute approximate surface area is 203 Å². The second-order valence-electron chi connectivity index (χ2n) is 9.79. The first-order valence-electron chi connectivity index (χ1n) is 12.8. The Hall–Kier alpha value is -2.83. The third kappa shape index (κ3) is 5.29. The minimum absolute atomic E-state index is 0.164. The molecular formula is C28H37N5O. The molecule has 3 heterocycles. The second-order valence-corrected chi connectivity index (χ2v) is 9.79. The number of amides is 1. The molecule has 6 heteroatoms. The highest BCUT2D eigenvalue weighted by molar-refractivity contribution is 5.98. The van der Waals surface area contributed by atoms with Crippen molar-refractivity contribution in [1.29, 1.82) is 0 Å². The number of nitrogens with zero attached hydrogens (tertiary/aromatic N) is 4. The molecule has 1 amide bonds. The molecule has 0 atom stereocenters. The first-order valence-corrected chi connectivity index (χ1v) is 12.8. The Kier molecular flexibility index (Phi) is 7.16. The van der Waals surface area contributed by atoms with Gasteiger partial charge in [-0.15, -0.1) is 0 Å². The lowest BCUT2D eigenvalue weighted by molar-refractivity contribution is 0.0664. The molecule has 3 aromatic rings. The van der Waals surface area contributed by atoms with Crippen LogP contribution in [0.3, 0.4) is 0 Å². The van der Waals surface area contributed by atoms with E-state index < -0.39 is 0 Å². The Morgan fingerprint density at radius 2 is 1.65 bits per heavy atom. The quantitative estimate of drug-likeness (QED) is 0.548. The van der Waals surface area contributed by atoms with Gasteiger partial charge in [0.05, 0.1) is 0 Å². The Balaban J connectivity index is 1.11. The van der Waals surface area contributed by atoms with Gasteiger partial charge in [-0.2, -0.15) is 0 Å². The van der Waals surface area contributed by atoms with Crippen molar-refractivity contribution in [3.05, 3.63) is 65.9 Å². The maximum atomic E-state index is 13.0. The van der Waals surface area contributed by atoms with Gasteiger partial charge < -0.3 is 19.7 Å². The Morgan fingerprint density at radius 1 is 0.882 bits per heavy atom. The number of H-pyrrole nitrogens is 1. The highest BCUT2D eigenvalue weighted by Crippen LogP contribution is 2.23. The van der Waals surface area contributed by atoms with Gasteiger partial charge in [-0.3, -0.25) is 9.69 Å². The van der Waals surface area contributed by atoms with Crippen LogP contribution < -0.4 is 4.90 Å². The van der Waals surface area contributed by atoms with Crippen LogP contribution in [0.5, 0.6) is 0 Å². The van der Waals surface area contributed by atoms with Gasteiger partial charge in [0.25, 0.3) is 5.91 Å². The zero-order valence-corrected chi connectivity index (χ0v) is 20.4. The van der Waals surface area contributed by atoms with Gasteiger partial charge in [-0.1, -0.05) is 18.2 Å². The van der Waals surface area contributed by atoms with Crippen LogP contribution in [0.2, 0.25) is 0 Å². The van der Waals surface area contributed by atoms with Gasteiger partial charge in [0.1, 0.15) is 0 Å². The minimum atomic E-state index is 0.164. The van der Waals surface area contributed by atoms with E-state index in [-0.39, 0.29) is 5.91 Å². The summed E-state index contributed by atoms with van der Waals surface area (Å²) in [5.41, 5.74) is 4.61. The molecular weight excluding hydrogens is 422 g/mol. The molecule has 2 aliphatic rings. The average molecular weight is 460 g/mol. The monoisotopic (exact) mass is 459 g/mol. The van der Waals surface area contributed by atoms with Gasteiger partial charge in [0.2, 0.25) is 0 Å². The molecule has 2 aliphatic heterocycles. The summed E-state index contributed by atoms with van der Waals surface area (Å²) in [6.45, 7) is 9.18. The second kappa shape index (κ2) is 10.6. The minimum Gasteiger partial charge on any atom is -0.369 e. The first-order chi connectivity index (χ1) is 16.7. The molecule has 5 rings (SSSR count).